The van der Waals surface area contributed by atoms with Gasteiger partial charge in [-0.3, -0.25) is 14.6 Å². The number of nitrogens with zero attached hydrogens (tertiary/aromatic N) is 2. The van der Waals surface area contributed by atoms with Gasteiger partial charge in [-0.1, -0.05) is 0 Å². The molecule has 0 radical (unpaired) electrons. The standard InChI is InChI=1S/C14H28N6O2/c15-7-2-1-5-11(13(22)20-9-3-4-10-20)19-12(21)6-8-18-14(16)17/h11H,1-10,15H2,(H,19,21)(H4,16,17,18)/t11-/m0/s1. The first-order chi connectivity index (χ1) is 10.5. The highest BCUT2D eigenvalue weighted by molar-refractivity contribution is 5.88. The van der Waals surface area contributed by atoms with Gasteiger partial charge in [0.05, 0.1) is 6.54 Å². The van der Waals surface area contributed by atoms with E-state index in [1.54, 1.807) is 0 Å². The summed E-state index contributed by atoms with van der Waals surface area (Å²) < 4.78 is 0. The molecule has 1 rings (SSSR count). The molecule has 0 unspecified atom stereocenters. The Morgan fingerprint density at radius 2 is 1.86 bits per heavy atom. The fraction of sp³-hybridized carbons (Fsp3) is 0.786. The Bertz CT molecular complexity index is 389. The smallest absolute Gasteiger partial charge is 0.245 e. The molecular formula is C14H28N6O2. The second kappa shape index (κ2) is 9.99. The Morgan fingerprint density at radius 1 is 1.18 bits per heavy atom. The lowest BCUT2D eigenvalue weighted by molar-refractivity contribution is -0.135. The van der Waals surface area contributed by atoms with Crippen LogP contribution >= 0.6 is 0 Å². The van der Waals surface area contributed by atoms with E-state index in [2.05, 4.69) is 10.3 Å². The summed E-state index contributed by atoms with van der Waals surface area (Å²) in [7, 11) is 0. The fourth-order valence-electron chi connectivity index (χ4n) is 2.46. The van der Waals surface area contributed by atoms with Crippen molar-refractivity contribution in [3.8, 4) is 0 Å². The van der Waals surface area contributed by atoms with E-state index in [-0.39, 0.29) is 30.7 Å². The highest BCUT2D eigenvalue weighted by Crippen LogP contribution is 2.12. The fourth-order valence-corrected chi connectivity index (χ4v) is 2.46. The molecule has 0 bridgehead atoms. The topological polar surface area (TPSA) is 140 Å². The van der Waals surface area contributed by atoms with E-state index in [0.29, 0.717) is 13.0 Å². The number of nitrogens with two attached hydrogens (primary N) is 3. The van der Waals surface area contributed by atoms with E-state index < -0.39 is 6.04 Å². The number of nitrogens with one attached hydrogen (secondary N) is 1. The number of likely N-dealkylation sites (tertiary alicyclic amines) is 1. The summed E-state index contributed by atoms with van der Waals surface area (Å²) in [5, 5.41) is 2.80. The molecule has 0 spiro atoms. The van der Waals surface area contributed by atoms with Gasteiger partial charge < -0.3 is 27.4 Å². The zero-order valence-corrected chi connectivity index (χ0v) is 13.1. The number of hydrogen-bond acceptors (Lipinski definition) is 4. The number of amides is 2. The van der Waals surface area contributed by atoms with Crippen LogP contribution in [0, 0.1) is 0 Å². The average Bonchev–Trinajstić information content (AvgIpc) is 2.99. The predicted molar refractivity (Wildman–Crippen MR) is 85.9 cm³/mol. The molecule has 0 aromatic heterocycles. The molecule has 1 fully saturated rings. The van der Waals surface area contributed by atoms with Crippen molar-refractivity contribution in [1.82, 2.24) is 10.2 Å². The highest BCUT2D eigenvalue weighted by Gasteiger charge is 2.27. The maximum Gasteiger partial charge on any atom is 0.245 e. The molecule has 0 aromatic carbocycles. The van der Waals surface area contributed by atoms with Gasteiger partial charge in [-0.2, -0.15) is 0 Å². The van der Waals surface area contributed by atoms with Crippen LogP contribution in [0.1, 0.15) is 38.5 Å². The quantitative estimate of drug-likeness (QED) is 0.243. The van der Waals surface area contributed by atoms with Gasteiger partial charge in [0.1, 0.15) is 6.04 Å². The largest absolute Gasteiger partial charge is 0.370 e. The van der Waals surface area contributed by atoms with Gasteiger partial charge in [-0.05, 0) is 38.6 Å². The molecule has 0 aromatic rings. The normalized spacial score (nSPS) is 15.4. The van der Waals surface area contributed by atoms with Gasteiger partial charge in [0, 0.05) is 19.5 Å². The lowest BCUT2D eigenvalue weighted by atomic mass is 10.1. The first-order valence-electron chi connectivity index (χ1n) is 7.88. The number of hydrogen-bond donors (Lipinski definition) is 4. The zero-order chi connectivity index (χ0) is 16.4. The third-order valence-electron chi connectivity index (χ3n) is 3.63. The lowest BCUT2D eigenvalue weighted by Crippen LogP contribution is -2.47. The van der Waals surface area contributed by atoms with E-state index in [1.165, 1.54) is 0 Å². The predicted octanol–water partition coefficient (Wildman–Crippen LogP) is -1.11. The minimum atomic E-state index is -0.476. The molecule has 126 valence electrons. The van der Waals surface area contributed by atoms with Crippen molar-refractivity contribution >= 4 is 17.8 Å². The lowest BCUT2D eigenvalue weighted by Gasteiger charge is -2.24. The summed E-state index contributed by atoms with van der Waals surface area (Å²) >= 11 is 0. The zero-order valence-electron chi connectivity index (χ0n) is 13.1. The van der Waals surface area contributed by atoms with Crippen LogP contribution in [0.15, 0.2) is 4.99 Å². The van der Waals surface area contributed by atoms with Crippen molar-refractivity contribution in [2.45, 2.75) is 44.6 Å². The van der Waals surface area contributed by atoms with Crippen molar-refractivity contribution in [3.05, 3.63) is 0 Å². The number of aliphatic imine (C=N–C) groups is 1. The average molecular weight is 312 g/mol. The molecule has 1 heterocycles. The SMILES string of the molecule is NCCCC[C@H](NC(=O)CCN=C(N)N)C(=O)N1CCCC1. The molecule has 2 amide bonds. The number of unbranched alkanes of at least 4 members (excludes halogenated alkanes) is 1. The summed E-state index contributed by atoms with van der Waals surface area (Å²) in [6.45, 7) is 2.36. The summed E-state index contributed by atoms with van der Waals surface area (Å²) in [6, 6.07) is -0.476. The number of rotatable bonds is 9. The van der Waals surface area contributed by atoms with E-state index >= 15 is 0 Å². The molecule has 8 heteroatoms. The van der Waals surface area contributed by atoms with E-state index in [0.717, 1.165) is 38.8 Å². The van der Waals surface area contributed by atoms with Gasteiger partial charge in [0.15, 0.2) is 5.96 Å². The molecular weight excluding hydrogens is 284 g/mol. The van der Waals surface area contributed by atoms with Crippen LogP contribution in [-0.4, -0.2) is 54.9 Å². The van der Waals surface area contributed by atoms with Crippen molar-refractivity contribution in [1.29, 1.82) is 0 Å². The first-order valence-corrected chi connectivity index (χ1v) is 7.88. The maximum absolute atomic E-state index is 12.5. The molecule has 0 aliphatic carbocycles. The Hall–Kier alpha value is -1.83. The van der Waals surface area contributed by atoms with Crippen LogP contribution in [0.25, 0.3) is 0 Å². The van der Waals surface area contributed by atoms with E-state index in [9.17, 15) is 9.59 Å². The summed E-state index contributed by atoms with van der Waals surface area (Å²) in [4.78, 5) is 30.0. The van der Waals surface area contributed by atoms with Crippen LogP contribution in [0.3, 0.4) is 0 Å². The van der Waals surface area contributed by atoms with Gasteiger partial charge in [0.2, 0.25) is 11.8 Å². The van der Waals surface area contributed by atoms with Crippen LogP contribution in [0.2, 0.25) is 0 Å². The second-order valence-electron chi connectivity index (χ2n) is 5.49. The van der Waals surface area contributed by atoms with E-state index in [1.807, 2.05) is 4.90 Å². The van der Waals surface area contributed by atoms with Crippen LogP contribution in [0.4, 0.5) is 0 Å². The third-order valence-corrected chi connectivity index (χ3v) is 3.63. The monoisotopic (exact) mass is 312 g/mol. The summed E-state index contributed by atoms with van der Waals surface area (Å²) in [6.07, 6.45) is 4.49. The van der Waals surface area contributed by atoms with Gasteiger partial charge in [-0.15, -0.1) is 0 Å². The van der Waals surface area contributed by atoms with Crippen molar-refractivity contribution in [2.24, 2.45) is 22.2 Å². The van der Waals surface area contributed by atoms with Gasteiger partial charge in [-0.25, -0.2) is 0 Å². The summed E-state index contributed by atoms with van der Waals surface area (Å²) in [5.41, 5.74) is 15.9. The van der Waals surface area contributed by atoms with E-state index in [4.69, 9.17) is 17.2 Å². The maximum atomic E-state index is 12.5. The molecule has 22 heavy (non-hydrogen) atoms. The number of guanidine groups is 1. The molecule has 1 aliphatic rings. The number of carbonyl (C=O) groups excluding carboxylic acids is 2. The van der Waals surface area contributed by atoms with Crippen LogP contribution in [0.5, 0.6) is 0 Å². The Labute approximate surface area is 131 Å². The molecule has 1 saturated heterocycles. The Kier molecular flexibility index (Phi) is 8.27. The van der Waals surface area contributed by atoms with Crippen molar-refractivity contribution in [2.75, 3.05) is 26.2 Å². The second-order valence-corrected chi connectivity index (χ2v) is 5.49. The highest BCUT2D eigenvalue weighted by atomic mass is 16.2. The minimum Gasteiger partial charge on any atom is -0.370 e. The van der Waals surface area contributed by atoms with Crippen molar-refractivity contribution < 1.29 is 9.59 Å². The Balaban J connectivity index is 2.50. The molecule has 0 saturated carbocycles. The third kappa shape index (κ3) is 6.75. The summed E-state index contributed by atoms with van der Waals surface area (Å²) in [5.74, 6) is -0.250. The number of carbonyl (C=O) groups is 2. The van der Waals surface area contributed by atoms with Gasteiger partial charge >= 0.3 is 0 Å². The van der Waals surface area contributed by atoms with Crippen LogP contribution < -0.4 is 22.5 Å². The molecule has 8 nitrogen and oxygen atoms in total. The van der Waals surface area contributed by atoms with Crippen molar-refractivity contribution in [3.63, 3.8) is 0 Å². The Morgan fingerprint density at radius 3 is 2.45 bits per heavy atom. The van der Waals surface area contributed by atoms with Gasteiger partial charge in [0.25, 0.3) is 0 Å². The first kappa shape index (κ1) is 18.2. The molecule has 1 atom stereocenters. The minimum absolute atomic E-state index is 0.00436. The molecule has 1 aliphatic heterocycles. The molecule has 7 N–H and O–H groups in total. The van der Waals surface area contributed by atoms with Crippen LogP contribution in [-0.2, 0) is 9.59 Å².